The van der Waals surface area contributed by atoms with Crippen LogP contribution in [0.4, 0.5) is 4.70 Å². The highest BCUT2D eigenvalue weighted by Crippen LogP contribution is 2.05. The number of rotatable bonds is 0. The predicted octanol–water partition coefficient (Wildman–Crippen LogP) is 0.298. The third-order valence-corrected chi connectivity index (χ3v) is 1.38. The van der Waals surface area contributed by atoms with Gasteiger partial charge in [-0.05, 0) is 17.3 Å². The Morgan fingerprint density at radius 2 is 2.00 bits per heavy atom. The summed E-state index contributed by atoms with van der Waals surface area (Å²) in [7, 11) is 0. The van der Waals surface area contributed by atoms with Crippen LogP contribution in [0, 0.1) is 0 Å². The van der Waals surface area contributed by atoms with E-state index in [1.165, 1.54) is 4.79 Å². The van der Waals surface area contributed by atoms with Crippen molar-refractivity contribution in [1.82, 2.24) is 15.1 Å². The van der Waals surface area contributed by atoms with Crippen LogP contribution in [-0.2, 0) is 0 Å². The van der Waals surface area contributed by atoms with Gasteiger partial charge >= 0.3 is 0 Å². The lowest BCUT2D eigenvalue weighted by atomic mass is 10.3. The van der Waals surface area contributed by atoms with E-state index in [1.54, 1.807) is 0 Å². The molecule has 2 aromatic rings. The van der Waals surface area contributed by atoms with Crippen LogP contribution in [0.5, 0.6) is 0 Å². The Morgan fingerprint density at radius 3 is 2.73 bits per heavy atom. The van der Waals surface area contributed by atoms with E-state index in [4.69, 9.17) is 5.84 Å². The second-order valence-electron chi connectivity index (χ2n) is 2.02. The lowest BCUT2D eigenvalue weighted by Crippen LogP contribution is -2.09. The monoisotopic (exact) mass is 154 g/mol. The molecule has 0 unspecified atom stereocenters. The van der Waals surface area contributed by atoms with Crippen molar-refractivity contribution in [3.63, 3.8) is 0 Å². The standard InChI is InChI=1S/C6H6N4.FH/c7-10-6-4-2-1-3-5(6)8-9-10;/h1-4H,7H2;1H. The molecule has 4 nitrogen and oxygen atoms in total. The summed E-state index contributed by atoms with van der Waals surface area (Å²) in [6.07, 6.45) is 0. The zero-order valence-electron chi connectivity index (χ0n) is 5.64. The van der Waals surface area contributed by atoms with E-state index >= 15 is 0 Å². The van der Waals surface area contributed by atoms with Crippen molar-refractivity contribution < 1.29 is 4.70 Å². The molecular formula is C6H7FN4. The SMILES string of the molecule is F.Nn1nnc2ccccc21. The van der Waals surface area contributed by atoms with Gasteiger partial charge in [-0.2, -0.15) is 4.79 Å². The molecule has 0 aliphatic carbocycles. The first-order valence-electron chi connectivity index (χ1n) is 2.93. The zero-order valence-corrected chi connectivity index (χ0v) is 5.64. The molecule has 0 bridgehead atoms. The first-order valence-corrected chi connectivity index (χ1v) is 2.93. The fraction of sp³-hybridized carbons (Fsp3) is 0. The molecule has 0 spiro atoms. The maximum atomic E-state index is 5.42. The number of nitrogen functional groups attached to an aromatic ring is 1. The Hall–Kier alpha value is -1.65. The summed E-state index contributed by atoms with van der Waals surface area (Å²) in [4.78, 5) is 1.26. The molecule has 0 saturated heterocycles. The van der Waals surface area contributed by atoms with Crippen LogP contribution in [0.1, 0.15) is 0 Å². The van der Waals surface area contributed by atoms with E-state index in [-0.39, 0.29) is 4.70 Å². The van der Waals surface area contributed by atoms with Crippen molar-refractivity contribution in [3.05, 3.63) is 24.3 Å². The summed E-state index contributed by atoms with van der Waals surface area (Å²) in [5.74, 6) is 5.42. The van der Waals surface area contributed by atoms with Crippen LogP contribution in [-0.4, -0.2) is 15.1 Å². The van der Waals surface area contributed by atoms with Crippen LogP contribution >= 0.6 is 0 Å². The molecule has 0 amide bonds. The summed E-state index contributed by atoms with van der Waals surface area (Å²) in [6.45, 7) is 0. The van der Waals surface area contributed by atoms with Crippen molar-refractivity contribution in [2.24, 2.45) is 0 Å². The van der Waals surface area contributed by atoms with E-state index in [0.717, 1.165) is 11.0 Å². The highest BCUT2D eigenvalue weighted by Gasteiger charge is 1.96. The third-order valence-electron chi connectivity index (χ3n) is 1.38. The van der Waals surface area contributed by atoms with Crippen molar-refractivity contribution in [2.75, 3.05) is 5.84 Å². The molecule has 2 N–H and O–H groups in total. The quantitative estimate of drug-likeness (QED) is 0.555. The molecule has 58 valence electrons. The number of nitrogens with zero attached hydrogens (tertiary/aromatic N) is 3. The van der Waals surface area contributed by atoms with Crippen LogP contribution in [0.25, 0.3) is 11.0 Å². The van der Waals surface area contributed by atoms with Crippen LogP contribution in [0.15, 0.2) is 24.3 Å². The number of para-hydroxylation sites is 1. The number of hydrogen-bond acceptors (Lipinski definition) is 3. The lowest BCUT2D eigenvalue weighted by molar-refractivity contribution is 0.787. The van der Waals surface area contributed by atoms with Gasteiger partial charge in [-0.25, -0.2) is 0 Å². The summed E-state index contributed by atoms with van der Waals surface area (Å²) in [5.41, 5.74) is 1.67. The molecule has 0 fully saturated rings. The number of benzene rings is 1. The molecule has 0 aliphatic heterocycles. The molecule has 1 aromatic heterocycles. The number of nitrogens with two attached hydrogens (primary N) is 1. The highest BCUT2D eigenvalue weighted by molar-refractivity contribution is 5.73. The van der Waals surface area contributed by atoms with E-state index < -0.39 is 0 Å². The largest absolute Gasteiger partial charge is 0.321 e. The minimum atomic E-state index is 0. The van der Waals surface area contributed by atoms with Crippen molar-refractivity contribution in [2.45, 2.75) is 0 Å². The Labute approximate surface area is 61.9 Å². The Balaban J connectivity index is 0.000000605. The van der Waals surface area contributed by atoms with Crippen LogP contribution in [0.3, 0.4) is 0 Å². The molecule has 2 rings (SSSR count). The van der Waals surface area contributed by atoms with Gasteiger partial charge in [0.15, 0.2) is 0 Å². The van der Waals surface area contributed by atoms with Gasteiger partial charge in [0.2, 0.25) is 0 Å². The maximum Gasteiger partial charge on any atom is 0.115 e. The smallest absolute Gasteiger partial charge is 0.115 e. The van der Waals surface area contributed by atoms with Gasteiger partial charge in [0, 0.05) is 0 Å². The predicted molar refractivity (Wildman–Crippen MR) is 40.2 cm³/mol. The molecule has 0 radical (unpaired) electrons. The number of fused-ring (bicyclic) bond motifs is 1. The van der Waals surface area contributed by atoms with Gasteiger partial charge < -0.3 is 5.84 Å². The summed E-state index contributed by atoms with van der Waals surface area (Å²) >= 11 is 0. The number of aromatic nitrogens is 3. The zero-order chi connectivity index (χ0) is 6.97. The average Bonchev–Trinajstić information content (AvgIpc) is 2.34. The molecule has 0 aliphatic rings. The second-order valence-corrected chi connectivity index (χ2v) is 2.02. The Bertz CT molecular complexity index is 356. The first kappa shape index (κ1) is 7.46. The normalized spacial score (nSPS) is 9.45. The van der Waals surface area contributed by atoms with Crippen molar-refractivity contribution >= 4 is 11.0 Å². The van der Waals surface area contributed by atoms with Gasteiger partial charge in [0.1, 0.15) is 11.0 Å². The van der Waals surface area contributed by atoms with Gasteiger partial charge in [-0.3, -0.25) is 4.70 Å². The van der Waals surface area contributed by atoms with Gasteiger partial charge in [0.05, 0.1) is 0 Å². The molecule has 0 atom stereocenters. The van der Waals surface area contributed by atoms with Gasteiger partial charge in [-0.15, -0.1) is 5.10 Å². The van der Waals surface area contributed by atoms with Crippen LogP contribution < -0.4 is 5.84 Å². The number of halogens is 1. The molecule has 11 heavy (non-hydrogen) atoms. The third kappa shape index (κ3) is 1.000. The second kappa shape index (κ2) is 2.53. The van der Waals surface area contributed by atoms with E-state index in [0.29, 0.717) is 0 Å². The highest BCUT2D eigenvalue weighted by atomic mass is 19.0. The first-order chi connectivity index (χ1) is 4.88. The number of hydrogen-bond donors (Lipinski definition) is 1. The van der Waals surface area contributed by atoms with E-state index in [2.05, 4.69) is 10.3 Å². The van der Waals surface area contributed by atoms with Crippen LogP contribution in [0.2, 0.25) is 0 Å². The Morgan fingerprint density at radius 1 is 1.27 bits per heavy atom. The summed E-state index contributed by atoms with van der Waals surface area (Å²) in [5, 5.41) is 7.45. The maximum absolute atomic E-state index is 5.42. The molecule has 1 heterocycles. The van der Waals surface area contributed by atoms with Crippen molar-refractivity contribution in [3.8, 4) is 0 Å². The summed E-state index contributed by atoms with van der Waals surface area (Å²) in [6, 6.07) is 7.53. The minimum absolute atomic E-state index is 0. The fourth-order valence-corrected chi connectivity index (χ4v) is 0.887. The lowest BCUT2D eigenvalue weighted by Gasteiger charge is -1.87. The molecule has 5 heteroatoms. The van der Waals surface area contributed by atoms with Gasteiger partial charge in [-0.1, -0.05) is 12.1 Å². The molecular weight excluding hydrogens is 147 g/mol. The van der Waals surface area contributed by atoms with Crippen molar-refractivity contribution in [1.29, 1.82) is 0 Å². The fourth-order valence-electron chi connectivity index (χ4n) is 0.887. The van der Waals surface area contributed by atoms with E-state index in [1.807, 2.05) is 24.3 Å². The van der Waals surface area contributed by atoms with E-state index in [9.17, 15) is 0 Å². The molecule has 0 saturated carbocycles. The van der Waals surface area contributed by atoms with Gasteiger partial charge in [0.25, 0.3) is 0 Å². The minimum Gasteiger partial charge on any atom is -0.321 e. The topological polar surface area (TPSA) is 56.7 Å². The average molecular weight is 154 g/mol. The summed E-state index contributed by atoms with van der Waals surface area (Å²) < 4.78 is 0. The Kier molecular flexibility index (Phi) is 1.72. The molecule has 1 aromatic carbocycles.